The Morgan fingerprint density at radius 1 is 1.06 bits per heavy atom. The van der Waals surface area contributed by atoms with Crippen molar-refractivity contribution in [2.24, 2.45) is 0 Å². The molecule has 2 atom stereocenters. The van der Waals surface area contributed by atoms with Crippen LogP contribution in [0.5, 0.6) is 0 Å². The van der Waals surface area contributed by atoms with Gasteiger partial charge in [-0.1, -0.05) is 36.4 Å². The zero-order valence-electron chi connectivity index (χ0n) is 18.2. The van der Waals surface area contributed by atoms with E-state index in [0.717, 1.165) is 12.1 Å². The van der Waals surface area contributed by atoms with E-state index in [2.05, 4.69) is 4.72 Å². The molecule has 0 aliphatic carbocycles. The summed E-state index contributed by atoms with van der Waals surface area (Å²) in [4.78, 5) is 23.6. The number of halogens is 2. The minimum absolute atomic E-state index is 0.113. The maximum Gasteiger partial charge on any atom is 0.412 e. The molecule has 0 aliphatic heterocycles. The fourth-order valence-electron chi connectivity index (χ4n) is 2.80. The van der Waals surface area contributed by atoms with Gasteiger partial charge < -0.3 is 9.84 Å². The molecule has 10 heteroatoms. The molecule has 2 aromatic rings. The second-order valence-corrected chi connectivity index (χ2v) is 10.3. The monoisotopic (exact) mass is 468 g/mol. The molecule has 0 spiro atoms. The van der Waals surface area contributed by atoms with Crippen LogP contribution in [0.4, 0.5) is 19.3 Å². The minimum Gasteiger partial charge on any atom is -0.481 e. The number of nitrogens with one attached hydrogen (secondary N) is 2. The van der Waals surface area contributed by atoms with Gasteiger partial charge in [0.05, 0.1) is 27.7 Å². The molecule has 0 aliphatic rings. The van der Waals surface area contributed by atoms with Gasteiger partial charge in [0.2, 0.25) is 0 Å². The molecular weight excluding hydrogens is 442 g/mol. The van der Waals surface area contributed by atoms with Crippen LogP contribution in [0.25, 0.3) is 0 Å². The summed E-state index contributed by atoms with van der Waals surface area (Å²) in [5.74, 6) is -3.55. The van der Waals surface area contributed by atoms with E-state index in [-0.39, 0.29) is 12.2 Å². The van der Waals surface area contributed by atoms with Gasteiger partial charge in [0, 0.05) is 5.56 Å². The van der Waals surface area contributed by atoms with Crippen LogP contribution in [0, 0.1) is 11.6 Å². The molecule has 7 nitrogen and oxygen atoms in total. The maximum atomic E-state index is 15.3. The van der Waals surface area contributed by atoms with Crippen LogP contribution in [-0.2, 0) is 32.7 Å². The number of carboxylic acids is 1. The zero-order chi connectivity index (χ0) is 24.1. The van der Waals surface area contributed by atoms with Gasteiger partial charge in [0.25, 0.3) is 0 Å². The Morgan fingerprint density at radius 3 is 2.25 bits per heavy atom. The molecule has 0 heterocycles. The second kappa shape index (κ2) is 10.2. The van der Waals surface area contributed by atoms with E-state index in [1.807, 2.05) is 5.32 Å². The van der Waals surface area contributed by atoms with Gasteiger partial charge in [0.15, 0.2) is 5.82 Å². The van der Waals surface area contributed by atoms with Gasteiger partial charge in [-0.25, -0.2) is 22.5 Å². The van der Waals surface area contributed by atoms with Crippen molar-refractivity contribution in [3.05, 3.63) is 65.2 Å². The van der Waals surface area contributed by atoms with E-state index in [9.17, 15) is 23.3 Å². The number of anilines is 1. The van der Waals surface area contributed by atoms with Crippen LogP contribution in [-0.4, -0.2) is 26.1 Å². The molecule has 3 N–H and O–H groups in total. The van der Waals surface area contributed by atoms with Crippen molar-refractivity contribution in [3.8, 4) is 0 Å². The fraction of sp³-hybridized carbons (Fsp3) is 0.364. The Hall–Kier alpha value is -2.85. The number of carboxylic acid groups (broad SMARTS) is 1. The number of ether oxygens (including phenoxy) is 1. The molecule has 0 saturated carbocycles. The van der Waals surface area contributed by atoms with Crippen LogP contribution < -0.4 is 10.0 Å². The Bertz CT molecular complexity index is 1010. The lowest BCUT2D eigenvalue weighted by Crippen LogP contribution is -2.48. The quantitative estimate of drug-likeness (QED) is 0.531. The average molecular weight is 469 g/mol. The van der Waals surface area contributed by atoms with E-state index < -0.39 is 57.1 Å². The largest absolute Gasteiger partial charge is 0.481 e. The molecule has 2 aromatic carbocycles. The third kappa shape index (κ3) is 6.57. The molecule has 1 amide bonds. The van der Waals surface area contributed by atoms with Gasteiger partial charge in [-0.15, -0.1) is 0 Å². The second-order valence-electron chi connectivity index (χ2n) is 8.36. The van der Waals surface area contributed by atoms with Gasteiger partial charge in [-0.3, -0.25) is 10.1 Å². The average Bonchev–Trinajstić information content (AvgIpc) is 2.68. The van der Waals surface area contributed by atoms with Crippen molar-refractivity contribution in [1.29, 1.82) is 0 Å². The van der Waals surface area contributed by atoms with E-state index in [1.54, 1.807) is 51.1 Å². The van der Waals surface area contributed by atoms with Gasteiger partial charge in [-0.2, -0.15) is 0 Å². The van der Waals surface area contributed by atoms with Crippen LogP contribution >= 0.6 is 0 Å². The summed E-state index contributed by atoms with van der Waals surface area (Å²) in [5.41, 5.74) is -2.04. The molecule has 0 aromatic heterocycles. The van der Waals surface area contributed by atoms with E-state index in [0.29, 0.717) is 5.56 Å². The molecule has 2 unspecified atom stereocenters. The number of rotatable bonds is 8. The van der Waals surface area contributed by atoms with Crippen molar-refractivity contribution < 1.29 is 32.4 Å². The summed E-state index contributed by atoms with van der Waals surface area (Å²) < 4.78 is 49.1. The first-order valence-electron chi connectivity index (χ1n) is 9.71. The topological polar surface area (TPSA) is 105 Å². The molecule has 32 heavy (non-hydrogen) atoms. The van der Waals surface area contributed by atoms with Crippen LogP contribution in [0.2, 0.25) is 0 Å². The molecule has 2 rings (SSSR count). The van der Waals surface area contributed by atoms with Crippen LogP contribution in [0.15, 0.2) is 42.5 Å². The fourth-order valence-corrected chi connectivity index (χ4v) is 3.70. The summed E-state index contributed by atoms with van der Waals surface area (Å²) in [6.45, 7) is 6.22. The molecule has 0 bridgehead atoms. The Kier molecular flexibility index (Phi) is 8.08. The van der Waals surface area contributed by atoms with Crippen molar-refractivity contribution in [3.63, 3.8) is 0 Å². The van der Waals surface area contributed by atoms with E-state index in [1.165, 1.54) is 6.92 Å². The summed E-state index contributed by atoms with van der Waals surface area (Å²) in [7, 11) is -1.76. The zero-order valence-corrected chi connectivity index (χ0v) is 19.0. The molecule has 0 radical (unpaired) electrons. The van der Waals surface area contributed by atoms with Crippen molar-refractivity contribution in [1.82, 2.24) is 4.72 Å². The summed E-state index contributed by atoms with van der Waals surface area (Å²) in [6.07, 6.45) is -1.73. The van der Waals surface area contributed by atoms with Crippen molar-refractivity contribution >= 4 is 28.7 Å². The predicted octanol–water partition coefficient (Wildman–Crippen LogP) is 4.46. The highest BCUT2D eigenvalue weighted by Gasteiger charge is 2.38. The number of hydrogen-bond acceptors (Lipinski definition) is 4. The lowest BCUT2D eigenvalue weighted by atomic mass is 9.89. The number of hydrogen-bond donors (Lipinski definition) is 3. The highest BCUT2D eigenvalue weighted by Crippen LogP contribution is 2.33. The van der Waals surface area contributed by atoms with Gasteiger partial charge in [0.1, 0.15) is 18.1 Å². The molecule has 174 valence electrons. The molecular formula is C22H26F2N2O5S. The highest BCUT2D eigenvalue weighted by atomic mass is 32.2. The normalized spacial score (nSPS) is 14.3. The summed E-state index contributed by atoms with van der Waals surface area (Å²) >= 11 is 0. The highest BCUT2D eigenvalue weighted by molar-refractivity contribution is 7.84. The first kappa shape index (κ1) is 25.4. The van der Waals surface area contributed by atoms with Crippen LogP contribution in [0.1, 0.15) is 45.2 Å². The number of aliphatic carboxylic acids is 1. The first-order valence-corrected chi connectivity index (χ1v) is 10.9. The lowest BCUT2D eigenvalue weighted by molar-refractivity contribution is -0.138. The Morgan fingerprint density at radius 2 is 1.69 bits per heavy atom. The standard InChI is InChI=1S/C22H26F2N2O5S/c1-21(2,3)32(30)26-22(4,12-17(27)28)15-10-11-16(23)19(18(15)24)25-20(29)31-13-14-8-6-5-7-9-14/h5-11,26H,12-13H2,1-4H3,(H,25,29)(H,27,28). The lowest BCUT2D eigenvalue weighted by Gasteiger charge is -2.33. The molecule has 0 saturated heterocycles. The number of carbonyl (C=O) groups excluding carboxylic acids is 1. The van der Waals surface area contributed by atoms with Gasteiger partial charge in [-0.05, 0) is 39.3 Å². The summed E-state index contributed by atoms with van der Waals surface area (Å²) in [5, 5.41) is 11.4. The Balaban J connectivity index is 2.33. The summed E-state index contributed by atoms with van der Waals surface area (Å²) in [6, 6.07) is 10.7. The van der Waals surface area contributed by atoms with E-state index in [4.69, 9.17) is 4.74 Å². The number of amides is 1. The van der Waals surface area contributed by atoms with E-state index >= 15 is 4.39 Å². The first-order chi connectivity index (χ1) is 14.8. The SMILES string of the molecule is CC(CC(=O)O)(NS(=O)C(C)(C)C)c1ccc(F)c(NC(=O)OCc2ccccc2)c1F. The van der Waals surface area contributed by atoms with Crippen LogP contribution in [0.3, 0.4) is 0 Å². The predicted molar refractivity (Wildman–Crippen MR) is 117 cm³/mol. The van der Waals surface area contributed by atoms with Crippen molar-refractivity contribution in [2.75, 3.05) is 5.32 Å². The minimum atomic E-state index is -1.76. The van der Waals surface area contributed by atoms with Crippen molar-refractivity contribution in [2.45, 2.75) is 51.0 Å². The Labute approximate surface area is 187 Å². The third-order valence-corrected chi connectivity index (χ3v) is 6.25. The van der Waals surface area contributed by atoms with Gasteiger partial charge >= 0.3 is 12.1 Å². The smallest absolute Gasteiger partial charge is 0.412 e. The number of carbonyl (C=O) groups is 2. The third-order valence-electron chi connectivity index (χ3n) is 4.50. The number of benzene rings is 2. The maximum absolute atomic E-state index is 15.3. The molecule has 0 fully saturated rings.